The third-order valence-corrected chi connectivity index (χ3v) is 1.84. The summed E-state index contributed by atoms with van der Waals surface area (Å²) in [5.41, 5.74) is 0.000486. The maximum absolute atomic E-state index is 8.03. The molecule has 2 rings (SSSR count). The largest absolute Gasteiger partial charge is 0.454 e. The predicted molar refractivity (Wildman–Crippen MR) is 54.8 cm³/mol. The summed E-state index contributed by atoms with van der Waals surface area (Å²) in [6, 6.07) is -2.13. The van der Waals surface area contributed by atoms with Crippen molar-refractivity contribution in [2.45, 2.75) is 19.3 Å². The van der Waals surface area contributed by atoms with Gasteiger partial charge in [-0.05, 0) is 38.0 Å². The van der Waals surface area contributed by atoms with Crippen LogP contribution < -0.4 is 14.8 Å². The molecule has 1 atom stereocenters. The SMILES string of the molecule is [2H]c1c([2H])c2c(c([2H])c1CC(NC)C([2H])([2H])[2H])OC([2H])([2H])O2. The van der Waals surface area contributed by atoms with Crippen LogP contribution in [0.4, 0.5) is 0 Å². The zero-order valence-corrected chi connectivity index (χ0v) is 7.60. The van der Waals surface area contributed by atoms with Crippen molar-refractivity contribution in [2.24, 2.45) is 0 Å². The van der Waals surface area contributed by atoms with Crippen molar-refractivity contribution in [3.8, 4) is 11.5 Å². The summed E-state index contributed by atoms with van der Waals surface area (Å²) in [6.07, 6.45) is -0.184. The quantitative estimate of drug-likeness (QED) is 0.805. The van der Waals surface area contributed by atoms with Crippen molar-refractivity contribution < 1.29 is 20.4 Å². The minimum atomic E-state index is -2.51. The Morgan fingerprint density at radius 2 is 2.50 bits per heavy atom. The Morgan fingerprint density at radius 3 is 3.29 bits per heavy atom. The molecule has 14 heavy (non-hydrogen) atoms. The van der Waals surface area contributed by atoms with Crippen molar-refractivity contribution in [1.82, 2.24) is 5.32 Å². The third kappa shape index (κ3) is 1.82. The zero-order valence-electron chi connectivity index (χ0n) is 15.6. The van der Waals surface area contributed by atoms with E-state index < -0.39 is 25.7 Å². The van der Waals surface area contributed by atoms with Gasteiger partial charge in [0.25, 0.3) is 0 Å². The van der Waals surface area contributed by atoms with Crippen molar-refractivity contribution in [2.75, 3.05) is 13.8 Å². The first-order valence-electron chi connectivity index (χ1n) is 8.16. The van der Waals surface area contributed by atoms with Gasteiger partial charge in [-0.2, -0.15) is 0 Å². The molecule has 0 bridgehead atoms. The number of ether oxygens (including phenoxy) is 2. The normalized spacial score (nSPS) is 28.4. The topological polar surface area (TPSA) is 30.5 Å². The van der Waals surface area contributed by atoms with Gasteiger partial charge in [0.05, 0.1) is 4.11 Å². The van der Waals surface area contributed by atoms with Gasteiger partial charge in [0.15, 0.2) is 11.5 Å². The molecule has 3 nitrogen and oxygen atoms in total. The number of fused-ring (bicyclic) bond motifs is 1. The summed E-state index contributed by atoms with van der Waals surface area (Å²) in [5, 5.41) is 2.61. The lowest BCUT2D eigenvalue weighted by atomic mass is 10.1. The molecule has 1 aromatic rings. The van der Waals surface area contributed by atoms with Gasteiger partial charge in [-0.15, -0.1) is 0 Å². The molecular formula is C11H15NO2. The second-order valence-corrected chi connectivity index (χ2v) is 2.84. The highest BCUT2D eigenvalue weighted by Gasteiger charge is 2.13. The minimum Gasteiger partial charge on any atom is -0.454 e. The van der Waals surface area contributed by atoms with E-state index in [0.29, 0.717) is 0 Å². The molecule has 1 aliphatic rings. The highest BCUT2D eigenvalue weighted by Crippen LogP contribution is 2.32. The Bertz CT molecular complexity index is 601. The fourth-order valence-corrected chi connectivity index (χ4v) is 1.07. The van der Waals surface area contributed by atoms with Gasteiger partial charge in [-0.3, -0.25) is 0 Å². The molecule has 0 saturated heterocycles. The standard InChI is InChI=1S/C11H15NO2/c1-8(12-2)5-9-3-4-10-11(6-9)14-7-13-10/h3-4,6,8,12H,5,7H2,1-2H3/i1D3,3D,4D,6D,7D2. The fourth-order valence-electron chi connectivity index (χ4n) is 1.07. The van der Waals surface area contributed by atoms with Gasteiger partial charge < -0.3 is 14.8 Å². The molecule has 1 heterocycles. The molecule has 1 aromatic carbocycles. The first-order chi connectivity index (χ1) is 9.98. The molecule has 1 aliphatic heterocycles. The van der Waals surface area contributed by atoms with Crippen LogP contribution in [0.3, 0.4) is 0 Å². The van der Waals surface area contributed by atoms with Gasteiger partial charge in [-0.25, -0.2) is 0 Å². The number of hydrogen-bond donors (Lipinski definition) is 1. The summed E-state index contributed by atoms with van der Waals surface area (Å²) in [6.45, 7) is -4.85. The Kier molecular flexibility index (Phi) is 1.04. The molecule has 0 saturated carbocycles. The molecule has 0 fully saturated rings. The first kappa shape index (κ1) is 3.74. The highest BCUT2D eigenvalue weighted by molar-refractivity contribution is 5.44. The average Bonchev–Trinajstić information content (AvgIpc) is 2.71. The summed E-state index contributed by atoms with van der Waals surface area (Å²) in [4.78, 5) is 0. The maximum atomic E-state index is 8.03. The van der Waals surface area contributed by atoms with E-state index >= 15 is 0 Å². The summed E-state index contributed by atoms with van der Waals surface area (Å²) in [7, 11) is 1.46. The second-order valence-electron chi connectivity index (χ2n) is 2.84. The number of rotatable bonds is 3. The molecular weight excluding hydrogens is 178 g/mol. The molecule has 1 N–H and O–H groups in total. The molecule has 3 heteroatoms. The van der Waals surface area contributed by atoms with E-state index in [9.17, 15) is 0 Å². The number of nitrogens with one attached hydrogen (secondary N) is 1. The minimum absolute atomic E-state index is 0.000486. The van der Waals surface area contributed by atoms with Crippen LogP contribution in [0, 0.1) is 0 Å². The monoisotopic (exact) mass is 201 g/mol. The lowest BCUT2D eigenvalue weighted by molar-refractivity contribution is 0.174. The van der Waals surface area contributed by atoms with Crippen LogP contribution in [-0.4, -0.2) is 19.8 Å². The molecule has 76 valence electrons. The lowest BCUT2D eigenvalue weighted by Gasteiger charge is -2.09. The van der Waals surface area contributed by atoms with Crippen LogP contribution in [0.2, 0.25) is 0 Å². The molecule has 0 radical (unpaired) electrons. The Labute approximate surface area is 95.3 Å². The molecule has 0 aliphatic carbocycles. The second kappa shape index (κ2) is 3.88. The Balaban J connectivity index is 2.49. The van der Waals surface area contributed by atoms with Crippen LogP contribution in [0.1, 0.15) is 23.4 Å². The van der Waals surface area contributed by atoms with Crippen LogP contribution in [0.5, 0.6) is 11.5 Å². The van der Waals surface area contributed by atoms with Crippen LogP contribution in [-0.2, 0) is 6.42 Å². The van der Waals surface area contributed by atoms with Gasteiger partial charge >= 0.3 is 0 Å². The maximum Gasteiger partial charge on any atom is 0.231 e. The van der Waals surface area contributed by atoms with Gasteiger partial charge in [0.1, 0.15) is 2.74 Å². The average molecular weight is 201 g/mol. The molecule has 1 unspecified atom stereocenters. The summed E-state index contributed by atoms with van der Waals surface area (Å²) < 4.78 is 70.5. The number of likely N-dealkylation sites (N-methyl/N-ethyl adjacent to an activating group) is 1. The van der Waals surface area contributed by atoms with E-state index in [2.05, 4.69) is 5.32 Å². The smallest absolute Gasteiger partial charge is 0.231 e. The third-order valence-electron chi connectivity index (χ3n) is 1.84. The van der Waals surface area contributed by atoms with E-state index in [1.165, 1.54) is 7.05 Å². The van der Waals surface area contributed by atoms with Gasteiger partial charge in [-0.1, -0.05) is 6.04 Å². The highest BCUT2D eigenvalue weighted by atomic mass is 16.7. The zero-order chi connectivity index (χ0) is 16.9. The van der Waals surface area contributed by atoms with Gasteiger partial charge in [0, 0.05) is 10.2 Å². The number of benzene rings is 1. The Hall–Kier alpha value is -1.22. The summed E-state index contributed by atoms with van der Waals surface area (Å²) >= 11 is 0. The number of hydrogen-bond acceptors (Lipinski definition) is 3. The first-order valence-corrected chi connectivity index (χ1v) is 4.16. The Morgan fingerprint density at radius 1 is 1.64 bits per heavy atom. The molecule has 0 spiro atoms. The van der Waals surface area contributed by atoms with E-state index in [-0.39, 0.29) is 35.6 Å². The van der Waals surface area contributed by atoms with E-state index in [0.717, 1.165) is 0 Å². The van der Waals surface area contributed by atoms with E-state index in [4.69, 9.17) is 20.4 Å². The van der Waals surface area contributed by atoms with Crippen molar-refractivity contribution in [3.63, 3.8) is 0 Å². The van der Waals surface area contributed by atoms with E-state index in [1.807, 2.05) is 0 Å². The summed E-state index contributed by atoms with van der Waals surface area (Å²) in [5.74, 6) is -0.583. The molecule has 0 aromatic heterocycles. The van der Waals surface area contributed by atoms with Crippen LogP contribution in [0.25, 0.3) is 0 Å². The molecule has 0 amide bonds. The van der Waals surface area contributed by atoms with Crippen molar-refractivity contribution in [1.29, 1.82) is 0 Å². The van der Waals surface area contributed by atoms with Gasteiger partial charge in [0.2, 0.25) is 6.75 Å². The van der Waals surface area contributed by atoms with Crippen LogP contribution >= 0.6 is 0 Å². The van der Waals surface area contributed by atoms with E-state index in [1.54, 1.807) is 0 Å². The predicted octanol–water partition coefficient (Wildman–Crippen LogP) is 1.57. The lowest BCUT2D eigenvalue weighted by Crippen LogP contribution is -2.23. The fraction of sp³-hybridized carbons (Fsp3) is 0.455. The van der Waals surface area contributed by atoms with Crippen LogP contribution in [0.15, 0.2) is 18.1 Å². The van der Waals surface area contributed by atoms with Crippen molar-refractivity contribution in [3.05, 3.63) is 23.7 Å². The van der Waals surface area contributed by atoms with Crippen molar-refractivity contribution >= 4 is 0 Å².